The van der Waals surface area contributed by atoms with Crippen molar-refractivity contribution in [3.8, 4) is 0 Å². The molecule has 1 aliphatic rings. The molecule has 0 spiro atoms. The molecule has 5 nitrogen and oxygen atoms in total. The molecule has 0 N–H and O–H groups in total. The van der Waals surface area contributed by atoms with Gasteiger partial charge >= 0.3 is 0 Å². The highest BCUT2D eigenvalue weighted by atomic mass is 35.5. The van der Waals surface area contributed by atoms with Crippen LogP contribution in [0.4, 0.5) is 5.69 Å². The number of hydrogen-bond acceptors (Lipinski definition) is 4. The number of carbonyl (C=O) groups is 1. The number of halogens is 1. The summed E-state index contributed by atoms with van der Waals surface area (Å²) in [4.78, 5) is 15.7. The van der Waals surface area contributed by atoms with Gasteiger partial charge in [-0.2, -0.15) is 0 Å². The molecule has 8 heteroatoms. The quantitative estimate of drug-likeness (QED) is 0.718. The molecule has 0 unspecified atom stereocenters. The van der Waals surface area contributed by atoms with Gasteiger partial charge in [-0.05, 0) is 42.5 Å². The molecule has 1 heterocycles. The van der Waals surface area contributed by atoms with Crippen LogP contribution in [-0.4, -0.2) is 38.1 Å². The van der Waals surface area contributed by atoms with E-state index in [-0.39, 0.29) is 18.5 Å². The summed E-state index contributed by atoms with van der Waals surface area (Å²) < 4.78 is 25.6. The van der Waals surface area contributed by atoms with Gasteiger partial charge < -0.3 is 4.90 Å². The van der Waals surface area contributed by atoms with Gasteiger partial charge in [0.25, 0.3) is 0 Å². The molecule has 1 aromatic carbocycles. The van der Waals surface area contributed by atoms with Gasteiger partial charge in [0.2, 0.25) is 15.9 Å². The van der Waals surface area contributed by atoms with Gasteiger partial charge in [0.15, 0.2) is 0 Å². The molecule has 0 bridgehead atoms. The van der Waals surface area contributed by atoms with E-state index >= 15 is 0 Å². The summed E-state index contributed by atoms with van der Waals surface area (Å²) in [5.41, 5.74) is 0.398. The van der Waals surface area contributed by atoms with Crippen molar-refractivity contribution in [3.05, 3.63) is 51.7 Å². The second-order valence-corrected chi connectivity index (χ2v) is 9.46. The predicted octanol–water partition coefficient (Wildman–Crippen LogP) is 3.36. The van der Waals surface area contributed by atoms with Gasteiger partial charge in [-0.25, -0.2) is 8.42 Å². The smallest absolute Gasteiger partial charge is 0.243 e. The van der Waals surface area contributed by atoms with Gasteiger partial charge in [-0.15, -0.1) is 11.3 Å². The van der Waals surface area contributed by atoms with Crippen LogP contribution in [0.1, 0.15) is 17.7 Å². The van der Waals surface area contributed by atoms with E-state index in [1.54, 1.807) is 40.5 Å². The zero-order valence-corrected chi connectivity index (χ0v) is 16.1. The average molecular weight is 399 g/mol. The van der Waals surface area contributed by atoms with Crippen LogP contribution < -0.4 is 4.31 Å². The number of amides is 1. The molecule has 3 rings (SSSR count). The lowest BCUT2D eigenvalue weighted by Gasteiger charge is -2.27. The zero-order chi connectivity index (χ0) is 18.0. The summed E-state index contributed by atoms with van der Waals surface area (Å²) in [6, 6.07) is 10.7. The second-order valence-electron chi connectivity index (χ2n) is 6.08. The Morgan fingerprint density at radius 1 is 1.28 bits per heavy atom. The molecular weight excluding hydrogens is 380 g/mol. The van der Waals surface area contributed by atoms with Crippen molar-refractivity contribution < 1.29 is 13.2 Å². The van der Waals surface area contributed by atoms with Gasteiger partial charge in [0.1, 0.15) is 6.54 Å². The topological polar surface area (TPSA) is 57.7 Å². The molecule has 1 fully saturated rings. The Kier molecular flexibility index (Phi) is 5.36. The maximum absolute atomic E-state index is 12.9. The van der Waals surface area contributed by atoms with Crippen molar-refractivity contribution in [3.63, 3.8) is 0 Å². The van der Waals surface area contributed by atoms with Crippen LogP contribution in [0.3, 0.4) is 0 Å². The fourth-order valence-corrected chi connectivity index (χ4v) is 4.35. The van der Waals surface area contributed by atoms with Crippen LogP contribution in [0.25, 0.3) is 0 Å². The lowest BCUT2D eigenvalue weighted by atomic mass is 10.3. The van der Waals surface area contributed by atoms with E-state index in [0.717, 1.165) is 28.3 Å². The third-order valence-corrected chi connectivity index (χ3v) is 6.23. The highest BCUT2D eigenvalue weighted by Crippen LogP contribution is 2.30. The Hall–Kier alpha value is -1.57. The van der Waals surface area contributed by atoms with Crippen LogP contribution >= 0.6 is 22.9 Å². The molecule has 1 amide bonds. The molecule has 2 aromatic rings. The lowest BCUT2D eigenvalue weighted by molar-refractivity contribution is -0.130. The van der Waals surface area contributed by atoms with E-state index in [4.69, 9.17) is 11.6 Å². The summed E-state index contributed by atoms with van der Waals surface area (Å²) in [6.07, 6.45) is 3.03. The SMILES string of the molecule is CS(=O)(=O)N(CC(=O)N(Cc1cccs1)C1CC1)c1cccc(Cl)c1. The molecule has 1 saturated carbocycles. The van der Waals surface area contributed by atoms with Crippen molar-refractivity contribution in [1.82, 2.24) is 4.90 Å². The van der Waals surface area contributed by atoms with Crippen molar-refractivity contribution in [2.45, 2.75) is 25.4 Å². The highest BCUT2D eigenvalue weighted by molar-refractivity contribution is 7.92. The number of benzene rings is 1. The fraction of sp³-hybridized carbons (Fsp3) is 0.353. The number of nitrogens with zero attached hydrogens (tertiary/aromatic N) is 2. The normalized spacial score (nSPS) is 14.3. The predicted molar refractivity (Wildman–Crippen MR) is 102 cm³/mol. The van der Waals surface area contributed by atoms with Crippen molar-refractivity contribution in [1.29, 1.82) is 0 Å². The minimum absolute atomic E-state index is 0.193. The number of sulfonamides is 1. The van der Waals surface area contributed by atoms with E-state index in [1.165, 1.54) is 0 Å². The third kappa shape index (κ3) is 4.74. The summed E-state index contributed by atoms with van der Waals surface area (Å²) in [6.45, 7) is 0.301. The maximum atomic E-state index is 12.9. The Morgan fingerprint density at radius 2 is 2.04 bits per heavy atom. The number of thiophene rings is 1. The molecule has 1 aromatic heterocycles. The first-order valence-corrected chi connectivity index (χ1v) is 11.0. The van der Waals surface area contributed by atoms with Crippen molar-refractivity contribution >= 4 is 44.6 Å². The first-order valence-electron chi connectivity index (χ1n) is 7.90. The molecule has 1 aliphatic carbocycles. The maximum Gasteiger partial charge on any atom is 0.243 e. The number of carbonyl (C=O) groups excluding carboxylic acids is 1. The molecule has 134 valence electrons. The number of hydrogen-bond donors (Lipinski definition) is 0. The number of anilines is 1. The molecule has 0 atom stereocenters. The third-order valence-electron chi connectivity index (χ3n) is 3.99. The zero-order valence-electron chi connectivity index (χ0n) is 13.8. The molecule has 25 heavy (non-hydrogen) atoms. The molecule has 0 saturated heterocycles. The van der Waals surface area contributed by atoms with Crippen LogP contribution in [0.2, 0.25) is 5.02 Å². The largest absolute Gasteiger partial charge is 0.333 e. The first-order chi connectivity index (χ1) is 11.8. The van der Waals surface area contributed by atoms with Crippen LogP contribution in [0.15, 0.2) is 41.8 Å². The first kappa shape index (κ1) is 18.2. The van der Waals surface area contributed by atoms with Gasteiger partial charge in [-0.3, -0.25) is 9.10 Å². The van der Waals surface area contributed by atoms with Crippen molar-refractivity contribution in [2.75, 3.05) is 17.1 Å². The Balaban J connectivity index is 1.81. The van der Waals surface area contributed by atoms with Gasteiger partial charge in [0.05, 0.1) is 18.5 Å². The van der Waals surface area contributed by atoms with Crippen LogP contribution in [0.5, 0.6) is 0 Å². The summed E-state index contributed by atoms with van der Waals surface area (Å²) in [7, 11) is -3.60. The highest BCUT2D eigenvalue weighted by Gasteiger charge is 2.34. The van der Waals surface area contributed by atoms with Crippen LogP contribution in [-0.2, 0) is 21.4 Å². The van der Waals surface area contributed by atoms with E-state index in [2.05, 4.69) is 0 Å². The van der Waals surface area contributed by atoms with Gasteiger partial charge in [-0.1, -0.05) is 23.7 Å². The van der Waals surface area contributed by atoms with E-state index in [9.17, 15) is 13.2 Å². The molecular formula is C17H19ClN2O3S2. The Labute approximate surface area is 156 Å². The summed E-state index contributed by atoms with van der Waals surface area (Å²) in [5, 5.41) is 2.40. The molecule has 0 radical (unpaired) electrons. The monoisotopic (exact) mass is 398 g/mol. The summed E-state index contributed by atoms with van der Waals surface area (Å²) in [5.74, 6) is -0.193. The lowest BCUT2D eigenvalue weighted by Crippen LogP contribution is -2.43. The second kappa shape index (κ2) is 7.35. The summed E-state index contributed by atoms with van der Waals surface area (Å²) >= 11 is 7.57. The van der Waals surface area contributed by atoms with E-state index in [0.29, 0.717) is 17.3 Å². The minimum Gasteiger partial charge on any atom is -0.333 e. The average Bonchev–Trinajstić information content (AvgIpc) is 3.25. The van der Waals surface area contributed by atoms with E-state index in [1.807, 2.05) is 17.5 Å². The van der Waals surface area contributed by atoms with E-state index < -0.39 is 10.0 Å². The standard InChI is InChI=1S/C17H19ClN2O3S2/c1-25(22,23)20(15-5-2-4-13(18)10-15)12-17(21)19(14-7-8-14)11-16-6-3-9-24-16/h2-6,9-10,14H,7-8,11-12H2,1H3. The fourth-order valence-electron chi connectivity index (χ4n) is 2.62. The Morgan fingerprint density at radius 3 is 2.60 bits per heavy atom. The molecule has 0 aliphatic heterocycles. The minimum atomic E-state index is -3.60. The Bertz CT molecular complexity index is 849. The van der Waals surface area contributed by atoms with Crippen molar-refractivity contribution in [2.24, 2.45) is 0 Å². The van der Waals surface area contributed by atoms with Gasteiger partial charge in [0, 0.05) is 15.9 Å². The van der Waals surface area contributed by atoms with Crippen LogP contribution in [0, 0.1) is 0 Å². The number of rotatable bonds is 7.